The molecule has 2 aromatic heterocycles. The lowest BCUT2D eigenvalue weighted by Gasteiger charge is -2.22. The third-order valence-corrected chi connectivity index (χ3v) is 11.3. The Labute approximate surface area is 270 Å². The van der Waals surface area contributed by atoms with Gasteiger partial charge in [0, 0.05) is 41.9 Å². The molecule has 7 aromatic carbocycles. The molecular formula is C43H28N2S. The Hall–Kier alpha value is -5.38. The molecule has 1 aliphatic rings. The molecule has 0 atom stereocenters. The van der Waals surface area contributed by atoms with Crippen molar-refractivity contribution in [3.8, 4) is 33.5 Å². The maximum atomic E-state index is 5.28. The Morgan fingerprint density at radius 1 is 0.478 bits per heavy atom. The van der Waals surface area contributed by atoms with E-state index in [0.717, 1.165) is 33.1 Å². The minimum atomic E-state index is -0.150. The Morgan fingerprint density at radius 2 is 1.02 bits per heavy atom. The van der Waals surface area contributed by atoms with E-state index in [2.05, 4.69) is 141 Å². The van der Waals surface area contributed by atoms with E-state index in [1.807, 2.05) is 17.5 Å². The van der Waals surface area contributed by atoms with Gasteiger partial charge in [-0.05, 0) is 74.5 Å². The molecule has 10 rings (SSSR count). The summed E-state index contributed by atoms with van der Waals surface area (Å²) in [7, 11) is 0. The Balaban J connectivity index is 1.09. The van der Waals surface area contributed by atoms with E-state index < -0.39 is 0 Å². The van der Waals surface area contributed by atoms with Crippen LogP contribution in [-0.4, -0.2) is 9.97 Å². The van der Waals surface area contributed by atoms with Crippen LogP contribution < -0.4 is 0 Å². The van der Waals surface area contributed by atoms with Gasteiger partial charge in [0.1, 0.15) is 0 Å². The topological polar surface area (TPSA) is 25.8 Å². The normalized spacial score (nSPS) is 13.6. The second kappa shape index (κ2) is 9.32. The lowest BCUT2D eigenvalue weighted by Crippen LogP contribution is -2.15. The first kappa shape index (κ1) is 25.9. The molecule has 0 aliphatic heterocycles. The van der Waals surface area contributed by atoms with Crippen molar-refractivity contribution in [1.82, 2.24) is 9.97 Å². The summed E-state index contributed by atoms with van der Waals surface area (Å²) in [5.74, 6) is 0. The van der Waals surface area contributed by atoms with Crippen molar-refractivity contribution < 1.29 is 0 Å². The fourth-order valence-electron chi connectivity index (χ4n) is 7.74. The summed E-state index contributed by atoms with van der Waals surface area (Å²) in [5.41, 5.74) is 11.6. The first-order valence-electron chi connectivity index (χ1n) is 15.8. The van der Waals surface area contributed by atoms with Gasteiger partial charge in [-0.15, -0.1) is 11.3 Å². The molecule has 0 saturated heterocycles. The van der Waals surface area contributed by atoms with Gasteiger partial charge in [-0.3, -0.25) is 4.98 Å². The molecule has 1 aliphatic carbocycles. The summed E-state index contributed by atoms with van der Waals surface area (Å²) >= 11 is 1.87. The van der Waals surface area contributed by atoms with Crippen molar-refractivity contribution in [2.75, 3.05) is 0 Å². The van der Waals surface area contributed by atoms with Gasteiger partial charge in [-0.25, -0.2) is 4.98 Å². The molecule has 0 saturated carbocycles. The van der Waals surface area contributed by atoms with E-state index in [4.69, 9.17) is 9.97 Å². The van der Waals surface area contributed by atoms with Crippen LogP contribution in [0.4, 0.5) is 0 Å². The fourth-order valence-corrected chi connectivity index (χ4v) is 8.83. The lowest BCUT2D eigenvalue weighted by molar-refractivity contribution is 0.661. The highest BCUT2D eigenvalue weighted by atomic mass is 32.1. The van der Waals surface area contributed by atoms with Gasteiger partial charge in [-0.1, -0.05) is 111 Å². The molecule has 0 radical (unpaired) electrons. The first-order valence-corrected chi connectivity index (χ1v) is 16.6. The minimum Gasteiger partial charge on any atom is -0.252 e. The number of aromatic nitrogens is 2. The molecule has 46 heavy (non-hydrogen) atoms. The Kier molecular flexibility index (Phi) is 5.25. The van der Waals surface area contributed by atoms with Crippen molar-refractivity contribution in [3.05, 3.63) is 145 Å². The van der Waals surface area contributed by atoms with Crippen LogP contribution in [0.1, 0.15) is 25.0 Å². The van der Waals surface area contributed by atoms with Crippen LogP contribution in [0.25, 0.3) is 86.3 Å². The summed E-state index contributed by atoms with van der Waals surface area (Å²) in [6.07, 6.45) is 1.95. The van der Waals surface area contributed by atoms with E-state index in [9.17, 15) is 0 Å². The molecule has 2 heterocycles. The molecule has 0 fully saturated rings. The maximum absolute atomic E-state index is 5.28. The second-order valence-electron chi connectivity index (χ2n) is 13.0. The van der Waals surface area contributed by atoms with Gasteiger partial charge in [0.2, 0.25) is 0 Å². The molecule has 0 N–H and O–H groups in total. The van der Waals surface area contributed by atoms with Gasteiger partial charge in [0.15, 0.2) is 0 Å². The average molecular weight is 605 g/mol. The monoisotopic (exact) mass is 604 g/mol. The minimum absolute atomic E-state index is 0.150. The zero-order chi connectivity index (χ0) is 30.6. The van der Waals surface area contributed by atoms with Crippen molar-refractivity contribution in [2.45, 2.75) is 19.3 Å². The van der Waals surface area contributed by atoms with Crippen molar-refractivity contribution >= 4 is 64.1 Å². The van der Waals surface area contributed by atoms with Crippen molar-refractivity contribution in [3.63, 3.8) is 0 Å². The highest BCUT2D eigenvalue weighted by molar-refractivity contribution is 7.25. The van der Waals surface area contributed by atoms with E-state index in [1.54, 1.807) is 0 Å². The van der Waals surface area contributed by atoms with Crippen molar-refractivity contribution in [2.24, 2.45) is 0 Å². The molecule has 0 amide bonds. The third kappa shape index (κ3) is 3.58. The molecule has 3 heteroatoms. The van der Waals surface area contributed by atoms with Crippen LogP contribution in [0.3, 0.4) is 0 Å². The molecule has 2 nitrogen and oxygen atoms in total. The quantitative estimate of drug-likeness (QED) is 0.183. The van der Waals surface area contributed by atoms with E-state index in [1.165, 1.54) is 64.3 Å². The van der Waals surface area contributed by atoms with Gasteiger partial charge in [0.05, 0.1) is 22.9 Å². The fraction of sp³-hybridized carbons (Fsp3) is 0.0698. The first-order chi connectivity index (χ1) is 22.5. The van der Waals surface area contributed by atoms with E-state index >= 15 is 0 Å². The summed E-state index contributed by atoms with van der Waals surface area (Å²) in [4.78, 5) is 10.3. The van der Waals surface area contributed by atoms with E-state index in [-0.39, 0.29) is 5.41 Å². The van der Waals surface area contributed by atoms with Crippen LogP contribution in [-0.2, 0) is 5.41 Å². The molecule has 0 bridgehead atoms. The summed E-state index contributed by atoms with van der Waals surface area (Å²) in [6, 6.07) is 46.6. The Morgan fingerprint density at radius 3 is 1.76 bits per heavy atom. The predicted molar refractivity (Wildman–Crippen MR) is 196 cm³/mol. The number of fused-ring (bicyclic) bond motifs is 12. The molecule has 9 aromatic rings. The highest BCUT2D eigenvalue weighted by Gasteiger charge is 2.36. The molecular weight excluding hydrogens is 577 g/mol. The number of hydrogen-bond donors (Lipinski definition) is 0. The zero-order valence-corrected chi connectivity index (χ0v) is 26.3. The van der Waals surface area contributed by atoms with E-state index in [0.29, 0.717) is 0 Å². The van der Waals surface area contributed by atoms with Crippen LogP contribution in [0.15, 0.2) is 134 Å². The van der Waals surface area contributed by atoms with Gasteiger partial charge in [-0.2, -0.15) is 0 Å². The van der Waals surface area contributed by atoms with Gasteiger partial charge < -0.3 is 0 Å². The number of rotatable bonds is 2. The van der Waals surface area contributed by atoms with Gasteiger partial charge >= 0.3 is 0 Å². The predicted octanol–water partition coefficient (Wildman–Crippen LogP) is 11.9. The summed E-state index contributed by atoms with van der Waals surface area (Å²) < 4.78 is 2.68. The molecule has 0 unspecified atom stereocenters. The molecule has 0 spiro atoms. The largest absolute Gasteiger partial charge is 0.252 e. The smallest absolute Gasteiger partial charge is 0.0979 e. The maximum Gasteiger partial charge on any atom is 0.0979 e. The highest BCUT2D eigenvalue weighted by Crippen LogP contribution is 2.51. The molecule has 216 valence electrons. The SMILES string of the molecule is CC1(C)c2cc(-c3ccc4sc5ccccc5c4c3)ccc2-c2ccc(-c3cnc4c5ccccc5c5ccccc5c4n3)cc21. The van der Waals surface area contributed by atoms with Crippen LogP contribution in [0, 0.1) is 0 Å². The van der Waals surface area contributed by atoms with Crippen LogP contribution in [0.2, 0.25) is 0 Å². The summed E-state index contributed by atoms with van der Waals surface area (Å²) in [6.45, 7) is 4.71. The standard InChI is InChI=1S/C43H28N2S/c1-43(2)36-22-26(25-17-20-40-35(21-25)32-11-7-8-14-39(32)46-40)15-18-30(36)31-19-16-27(23-37(31)43)38-24-44-41-33-12-5-3-9-28(33)29-10-4-6-13-34(29)42(41)45-38/h3-24H,1-2H3. The third-order valence-electron chi connectivity index (χ3n) is 10.1. The number of nitrogens with zero attached hydrogens (tertiary/aromatic N) is 2. The number of benzene rings is 7. The average Bonchev–Trinajstić information content (AvgIpc) is 3.59. The number of thiophene rings is 1. The number of hydrogen-bond acceptors (Lipinski definition) is 3. The van der Waals surface area contributed by atoms with Gasteiger partial charge in [0.25, 0.3) is 0 Å². The summed E-state index contributed by atoms with van der Waals surface area (Å²) in [5, 5.41) is 7.38. The van der Waals surface area contributed by atoms with Crippen LogP contribution in [0.5, 0.6) is 0 Å². The second-order valence-corrected chi connectivity index (χ2v) is 14.1. The Bertz CT molecular complexity index is 2700. The van der Waals surface area contributed by atoms with Crippen molar-refractivity contribution in [1.29, 1.82) is 0 Å². The zero-order valence-electron chi connectivity index (χ0n) is 25.5. The van der Waals surface area contributed by atoms with Crippen LogP contribution >= 0.6 is 11.3 Å². The lowest BCUT2D eigenvalue weighted by atomic mass is 9.81.